The van der Waals surface area contributed by atoms with Gasteiger partial charge in [0.15, 0.2) is 0 Å². The topological polar surface area (TPSA) is 3.24 Å². The van der Waals surface area contributed by atoms with Gasteiger partial charge in [-0.25, -0.2) is 0 Å². The van der Waals surface area contributed by atoms with Gasteiger partial charge in [-0.3, -0.25) is 0 Å². The predicted molar refractivity (Wildman–Crippen MR) is 62.4 cm³/mol. The predicted octanol–water partition coefficient (Wildman–Crippen LogP) is 2.78. The summed E-state index contributed by atoms with van der Waals surface area (Å²) in [6, 6.07) is 0. The van der Waals surface area contributed by atoms with E-state index in [4.69, 9.17) is 0 Å². The highest BCUT2D eigenvalue weighted by Crippen LogP contribution is 2.18. The van der Waals surface area contributed by atoms with Crippen molar-refractivity contribution >= 4 is 11.8 Å². The van der Waals surface area contributed by atoms with Crippen LogP contribution in [0.15, 0.2) is 12.2 Å². The van der Waals surface area contributed by atoms with Gasteiger partial charge in [-0.15, -0.1) is 6.58 Å². The summed E-state index contributed by atoms with van der Waals surface area (Å²) in [5.41, 5.74) is 1.31. The first-order valence-electron chi connectivity index (χ1n) is 5.17. The molecule has 1 aliphatic rings. The van der Waals surface area contributed by atoms with E-state index in [1.165, 1.54) is 43.8 Å². The molecule has 1 atom stereocenters. The molecule has 13 heavy (non-hydrogen) atoms. The van der Waals surface area contributed by atoms with Gasteiger partial charge < -0.3 is 4.90 Å². The normalized spacial score (nSPS) is 25.5. The minimum absolute atomic E-state index is 0.856. The van der Waals surface area contributed by atoms with Crippen LogP contribution in [-0.2, 0) is 0 Å². The van der Waals surface area contributed by atoms with Crippen LogP contribution in [0.2, 0.25) is 0 Å². The number of thioether (sulfide) groups is 1. The molecule has 1 rings (SSSR count). The minimum Gasteiger partial charge on any atom is -0.302 e. The van der Waals surface area contributed by atoms with Crippen molar-refractivity contribution in [3.8, 4) is 0 Å². The fraction of sp³-hybridized carbons (Fsp3) is 0.818. The van der Waals surface area contributed by atoms with Crippen molar-refractivity contribution in [2.75, 3.05) is 25.4 Å². The lowest BCUT2D eigenvalue weighted by molar-refractivity contribution is 0.295. The third kappa shape index (κ3) is 4.72. The smallest absolute Gasteiger partial charge is 0.00726 e. The Hall–Kier alpha value is 0.0500. The summed E-state index contributed by atoms with van der Waals surface area (Å²) >= 11 is 2.11. The van der Waals surface area contributed by atoms with Gasteiger partial charge in [-0.2, -0.15) is 11.8 Å². The maximum atomic E-state index is 3.95. The summed E-state index contributed by atoms with van der Waals surface area (Å²) in [6.45, 7) is 12.2. The van der Waals surface area contributed by atoms with Crippen LogP contribution in [-0.4, -0.2) is 35.5 Å². The van der Waals surface area contributed by atoms with Crippen LogP contribution in [0.4, 0.5) is 0 Å². The van der Waals surface area contributed by atoms with Crippen LogP contribution >= 0.6 is 11.8 Å². The number of hydrogen-bond acceptors (Lipinski definition) is 2. The molecule has 0 N–H and O–H groups in total. The molecule has 1 heterocycles. The second kappa shape index (κ2) is 5.71. The lowest BCUT2D eigenvalue weighted by Crippen LogP contribution is -2.27. The number of nitrogens with zero attached hydrogens (tertiary/aromatic N) is 1. The molecule has 1 unspecified atom stereocenters. The molecule has 0 amide bonds. The molecular weight excluding hydrogens is 178 g/mol. The molecule has 0 aromatic carbocycles. The summed E-state index contributed by atoms with van der Waals surface area (Å²) in [5.74, 6) is 1.30. The van der Waals surface area contributed by atoms with E-state index in [0.717, 1.165) is 5.25 Å². The summed E-state index contributed by atoms with van der Waals surface area (Å²) in [7, 11) is 0. The Balaban J connectivity index is 2.22. The highest BCUT2D eigenvalue weighted by molar-refractivity contribution is 7.99. The van der Waals surface area contributed by atoms with Crippen LogP contribution in [0.1, 0.15) is 26.7 Å². The van der Waals surface area contributed by atoms with Crippen molar-refractivity contribution < 1.29 is 0 Å². The number of hydrogen-bond donors (Lipinski definition) is 0. The van der Waals surface area contributed by atoms with Gasteiger partial charge in [0.05, 0.1) is 0 Å². The van der Waals surface area contributed by atoms with Crippen LogP contribution in [0, 0.1) is 0 Å². The second-order valence-corrected chi connectivity index (χ2v) is 5.57. The van der Waals surface area contributed by atoms with Gasteiger partial charge in [0.2, 0.25) is 0 Å². The molecule has 0 aromatic heterocycles. The molecule has 0 aromatic rings. The third-order valence-electron chi connectivity index (χ3n) is 2.52. The standard InChI is InChI=1S/C11H21NS/c1-10(2)4-6-12-7-5-11(3)13-9-8-12/h11H,1,4-9H2,2-3H3. The third-order valence-corrected chi connectivity index (χ3v) is 3.74. The molecule has 1 fully saturated rings. The highest BCUT2D eigenvalue weighted by atomic mass is 32.2. The molecule has 0 spiro atoms. The SMILES string of the molecule is C=C(C)CCN1CCSC(C)CC1. The van der Waals surface area contributed by atoms with Crippen LogP contribution in [0.5, 0.6) is 0 Å². The Labute approximate surface area is 86.6 Å². The molecule has 1 nitrogen and oxygen atoms in total. The lowest BCUT2D eigenvalue weighted by Gasteiger charge is -2.19. The quantitative estimate of drug-likeness (QED) is 0.643. The first-order chi connectivity index (χ1) is 6.18. The lowest BCUT2D eigenvalue weighted by atomic mass is 10.2. The Morgan fingerprint density at radius 1 is 1.54 bits per heavy atom. The number of rotatable bonds is 3. The average molecular weight is 199 g/mol. The van der Waals surface area contributed by atoms with Crippen molar-refractivity contribution in [3.63, 3.8) is 0 Å². The average Bonchev–Trinajstić information content (AvgIpc) is 2.27. The summed E-state index contributed by atoms with van der Waals surface area (Å²) in [4.78, 5) is 2.57. The van der Waals surface area contributed by atoms with E-state index in [1.54, 1.807) is 0 Å². The maximum absolute atomic E-state index is 3.95. The van der Waals surface area contributed by atoms with Gasteiger partial charge in [0, 0.05) is 24.1 Å². The molecule has 0 radical (unpaired) electrons. The molecule has 2 heteroatoms. The van der Waals surface area contributed by atoms with E-state index >= 15 is 0 Å². The van der Waals surface area contributed by atoms with E-state index in [9.17, 15) is 0 Å². The van der Waals surface area contributed by atoms with Gasteiger partial charge in [-0.05, 0) is 26.3 Å². The van der Waals surface area contributed by atoms with Gasteiger partial charge in [0.1, 0.15) is 0 Å². The summed E-state index contributed by atoms with van der Waals surface area (Å²) in [6.07, 6.45) is 2.51. The highest BCUT2D eigenvalue weighted by Gasteiger charge is 2.12. The van der Waals surface area contributed by atoms with Gasteiger partial charge >= 0.3 is 0 Å². The van der Waals surface area contributed by atoms with Crippen molar-refractivity contribution in [3.05, 3.63) is 12.2 Å². The molecule has 0 bridgehead atoms. The summed E-state index contributed by atoms with van der Waals surface area (Å²) in [5, 5.41) is 0.856. The van der Waals surface area contributed by atoms with Crippen molar-refractivity contribution in [2.24, 2.45) is 0 Å². The molecule has 1 aliphatic heterocycles. The molecule has 1 saturated heterocycles. The van der Waals surface area contributed by atoms with Crippen LogP contribution < -0.4 is 0 Å². The Morgan fingerprint density at radius 3 is 3.00 bits per heavy atom. The second-order valence-electron chi connectivity index (χ2n) is 4.02. The van der Waals surface area contributed by atoms with Crippen molar-refractivity contribution in [2.45, 2.75) is 31.9 Å². The van der Waals surface area contributed by atoms with Crippen LogP contribution in [0.3, 0.4) is 0 Å². The van der Waals surface area contributed by atoms with E-state index < -0.39 is 0 Å². The maximum Gasteiger partial charge on any atom is 0.00726 e. The largest absolute Gasteiger partial charge is 0.302 e. The fourth-order valence-electron chi connectivity index (χ4n) is 1.52. The zero-order valence-corrected chi connectivity index (χ0v) is 9.70. The monoisotopic (exact) mass is 199 g/mol. The van der Waals surface area contributed by atoms with Gasteiger partial charge in [0.25, 0.3) is 0 Å². The van der Waals surface area contributed by atoms with E-state index in [2.05, 4.69) is 37.1 Å². The van der Waals surface area contributed by atoms with E-state index in [0.29, 0.717) is 0 Å². The van der Waals surface area contributed by atoms with Gasteiger partial charge in [-0.1, -0.05) is 12.5 Å². The first kappa shape index (κ1) is 11.1. The molecular formula is C11H21NS. The Kier molecular flexibility index (Phi) is 4.89. The summed E-state index contributed by atoms with van der Waals surface area (Å²) < 4.78 is 0. The van der Waals surface area contributed by atoms with E-state index in [-0.39, 0.29) is 0 Å². The fourth-order valence-corrected chi connectivity index (χ4v) is 2.55. The Bertz CT molecular complexity index is 167. The zero-order chi connectivity index (χ0) is 9.68. The zero-order valence-electron chi connectivity index (χ0n) is 8.88. The molecule has 0 saturated carbocycles. The van der Waals surface area contributed by atoms with Crippen molar-refractivity contribution in [1.29, 1.82) is 0 Å². The Morgan fingerprint density at radius 2 is 2.31 bits per heavy atom. The molecule has 76 valence electrons. The van der Waals surface area contributed by atoms with Crippen LogP contribution in [0.25, 0.3) is 0 Å². The molecule has 0 aliphatic carbocycles. The van der Waals surface area contributed by atoms with E-state index in [1.807, 2.05) is 0 Å². The minimum atomic E-state index is 0.856. The van der Waals surface area contributed by atoms with Crippen molar-refractivity contribution in [1.82, 2.24) is 4.90 Å². The first-order valence-corrected chi connectivity index (χ1v) is 6.21.